The van der Waals surface area contributed by atoms with Gasteiger partial charge in [0.2, 0.25) is 0 Å². The lowest BCUT2D eigenvalue weighted by Crippen LogP contribution is -2.33. The van der Waals surface area contributed by atoms with Crippen LogP contribution < -0.4 is 0 Å². The highest BCUT2D eigenvalue weighted by Gasteiger charge is 2.13. The van der Waals surface area contributed by atoms with Crippen LogP contribution in [0.25, 0.3) is 0 Å². The summed E-state index contributed by atoms with van der Waals surface area (Å²) in [6.07, 6.45) is 0. The molecule has 1 aromatic rings. The van der Waals surface area contributed by atoms with Crippen molar-refractivity contribution in [2.45, 2.75) is 13.5 Å². The molecular weight excluding hydrogens is 222 g/mol. The normalized spacial score (nSPS) is 10.5. The molecular formula is C12H15NO4. The van der Waals surface area contributed by atoms with Crippen LogP contribution in [-0.4, -0.2) is 40.1 Å². The van der Waals surface area contributed by atoms with Gasteiger partial charge < -0.3 is 10.2 Å². The topological polar surface area (TPSA) is 77.8 Å². The fraction of sp³-hybridized carbons (Fsp3) is 0.333. The molecule has 0 aliphatic heterocycles. The van der Waals surface area contributed by atoms with E-state index in [-0.39, 0.29) is 13.1 Å². The Hall–Kier alpha value is -1.88. The van der Waals surface area contributed by atoms with E-state index in [4.69, 9.17) is 10.2 Å². The first-order valence-electron chi connectivity index (χ1n) is 5.19. The van der Waals surface area contributed by atoms with Crippen LogP contribution in [0.15, 0.2) is 24.3 Å². The van der Waals surface area contributed by atoms with Gasteiger partial charge in [0.05, 0.1) is 13.1 Å². The lowest BCUT2D eigenvalue weighted by Gasteiger charge is -2.18. The van der Waals surface area contributed by atoms with Crippen LogP contribution in [0, 0.1) is 6.92 Å². The first kappa shape index (κ1) is 13.2. The van der Waals surface area contributed by atoms with Gasteiger partial charge in [-0.2, -0.15) is 0 Å². The van der Waals surface area contributed by atoms with Crippen molar-refractivity contribution >= 4 is 11.9 Å². The van der Waals surface area contributed by atoms with Crippen LogP contribution in [0.3, 0.4) is 0 Å². The fourth-order valence-corrected chi connectivity index (χ4v) is 1.62. The molecule has 0 radical (unpaired) electrons. The van der Waals surface area contributed by atoms with Crippen molar-refractivity contribution in [3.63, 3.8) is 0 Å². The van der Waals surface area contributed by atoms with Gasteiger partial charge in [0.1, 0.15) is 0 Å². The molecule has 17 heavy (non-hydrogen) atoms. The summed E-state index contributed by atoms with van der Waals surface area (Å²) in [7, 11) is 0. The second-order valence-electron chi connectivity index (χ2n) is 3.92. The van der Waals surface area contributed by atoms with Crippen molar-refractivity contribution in [2.75, 3.05) is 13.1 Å². The lowest BCUT2D eigenvalue weighted by molar-refractivity contribution is -0.142. The number of benzene rings is 1. The van der Waals surface area contributed by atoms with E-state index < -0.39 is 11.9 Å². The van der Waals surface area contributed by atoms with Gasteiger partial charge in [-0.25, -0.2) is 0 Å². The van der Waals surface area contributed by atoms with E-state index in [0.717, 1.165) is 11.1 Å². The second-order valence-corrected chi connectivity index (χ2v) is 3.92. The quantitative estimate of drug-likeness (QED) is 0.770. The van der Waals surface area contributed by atoms with Crippen LogP contribution in [0.1, 0.15) is 11.1 Å². The highest BCUT2D eigenvalue weighted by Crippen LogP contribution is 2.07. The van der Waals surface area contributed by atoms with Crippen molar-refractivity contribution in [1.82, 2.24) is 4.90 Å². The minimum absolute atomic E-state index is 0.278. The molecule has 0 heterocycles. The molecule has 0 amide bonds. The van der Waals surface area contributed by atoms with Crippen molar-refractivity contribution in [3.8, 4) is 0 Å². The van der Waals surface area contributed by atoms with Crippen LogP contribution >= 0.6 is 0 Å². The fourth-order valence-electron chi connectivity index (χ4n) is 1.62. The smallest absolute Gasteiger partial charge is 0.317 e. The molecule has 0 bridgehead atoms. The third kappa shape index (κ3) is 5.12. The van der Waals surface area contributed by atoms with Gasteiger partial charge in [-0.1, -0.05) is 29.8 Å². The Labute approximate surface area is 99.3 Å². The number of nitrogens with zero attached hydrogens (tertiary/aromatic N) is 1. The standard InChI is InChI=1S/C12H15NO4/c1-9-3-2-4-10(5-9)6-13(7-11(14)15)8-12(16)17/h2-5H,6-8H2,1H3,(H,14,15)(H,16,17). The summed E-state index contributed by atoms with van der Waals surface area (Å²) >= 11 is 0. The minimum Gasteiger partial charge on any atom is -0.480 e. The number of aliphatic carboxylic acids is 2. The maximum absolute atomic E-state index is 10.6. The Morgan fingerprint density at radius 2 is 1.76 bits per heavy atom. The number of carboxylic acid groups (broad SMARTS) is 2. The highest BCUT2D eigenvalue weighted by molar-refractivity contribution is 5.72. The summed E-state index contributed by atoms with van der Waals surface area (Å²) in [5, 5.41) is 17.4. The molecule has 0 atom stereocenters. The van der Waals surface area contributed by atoms with Gasteiger partial charge in [0, 0.05) is 6.54 Å². The zero-order valence-electron chi connectivity index (χ0n) is 9.59. The lowest BCUT2D eigenvalue weighted by atomic mass is 10.1. The molecule has 0 fully saturated rings. The van der Waals surface area contributed by atoms with Crippen LogP contribution in [0.5, 0.6) is 0 Å². The number of carboxylic acids is 2. The summed E-state index contributed by atoms with van der Waals surface area (Å²) in [4.78, 5) is 22.6. The molecule has 5 heteroatoms. The number of carbonyl (C=O) groups is 2. The predicted molar refractivity (Wildman–Crippen MR) is 61.7 cm³/mol. The van der Waals surface area contributed by atoms with Gasteiger partial charge in [-0.05, 0) is 12.5 Å². The summed E-state index contributed by atoms with van der Waals surface area (Å²) in [5.41, 5.74) is 1.97. The zero-order chi connectivity index (χ0) is 12.8. The number of hydrogen-bond acceptors (Lipinski definition) is 3. The average molecular weight is 237 g/mol. The summed E-state index contributed by atoms with van der Waals surface area (Å²) in [6.45, 7) is 1.70. The molecule has 0 unspecified atom stereocenters. The molecule has 0 spiro atoms. The molecule has 0 saturated carbocycles. The van der Waals surface area contributed by atoms with Crippen molar-refractivity contribution < 1.29 is 19.8 Å². The average Bonchev–Trinajstić information content (AvgIpc) is 2.14. The van der Waals surface area contributed by atoms with Crippen molar-refractivity contribution in [3.05, 3.63) is 35.4 Å². The monoisotopic (exact) mass is 237 g/mol. The summed E-state index contributed by atoms with van der Waals surface area (Å²) in [5.74, 6) is -2.06. The maximum atomic E-state index is 10.6. The second kappa shape index (κ2) is 6.00. The maximum Gasteiger partial charge on any atom is 0.317 e. The van der Waals surface area contributed by atoms with Crippen LogP contribution in [0.2, 0.25) is 0 Å². The van der Waals surface area contributed by atoms with E-state index >= 15 is 0 Å². The Morgan fingerprint density at radius 1 is 1.18 bits per heavy atom. The van der Waals surface area contributed by atoms with Crippen molar-refractivity contribution in [2.24, 2.45) is 0 Å². The number of aryl methyl sites for hydroxylation is 1. The Bertz CT molecular complexity index is 401. The predicted octanol–water partition coefficient (Wildman–Crippen LogP) is 0.966. The molecule has 5 nitrogen and oxygen atoms in total. The van der Waals surface area contributed by atoms with E-state index in [9.17, 15) is 9.59 Å². The van der Waals surface area contributed by atoms with E-state index in [2.05, 4.69) is 0 Å². The molecule has 1 rings (SSSR count). The first-order chi connectivity index (χ1) is 7.97. The molecule has 0 aliphatic carbocycles. The van der Waals surface area contributed by atoms with Gasteiger partial charge in [-0.15, -0.1) is 0 Å². The molecule has 0 aliphatic rings. The van der Waals surface area contributed by atoms with Gasteiger partial charge in [0.15, 0.2) is 0 Å². The van der Waals surface area contributed by atoms with Gasteiger partial charge >= 0.3 is 11.9 Å². The molecule has 92 valence electrons. The van der Waals surface area contributed by atoms with Crippen LogP contribution in [0.4, 0.5) is 0 Å². The van der Waals surface area contributed by atoms with Gasteiger partial charge in [-0.3, -0.25) is 14.5 Å². The van der Waals surface area contributed by atoms with E-state index in [1.54, 1.807) is 0 Å². The summed E-state index contributed by atoms with van der Waals surface area (Å²) in [6, 6.07) is 7.56. The third-order valence-corrected chi connectivity index (χ3v) is 2.21. The third-order valence-electron chi connectivity index (χ3n) is 2.21. The van der Waals surface area contributed by atoms with Crippen molar-refractivity contribution in [1.29, 1.82) is 0 Å². The zero-order valence-corrected chi connectivity index (χ0v) is 9.59. The highest BCUT2D eigenvalue weighted by atomic mass is 16.4. The SMILES string of the molecule is Cc1cccc(CN(CC(=O)O)CC(=O)O)c1. The van der Waals surface area contributed by atoms with Crippen LogP contribution in [-0.2, 0) is 16.1 Å². The summed E-state index contributed by atoms with van der Waals surface area (Å²) < 4.78 is 0. The van der Waals surface area contributed by atoms with E-state index in [1.165, 1.54) is 4.90 Å². The van der Waals surface area contributed by atoms with Gasteiger partial charge in [0.25, 0.3) is 0 Å². The van der Waals surface area contributed by atoms with E-state index in [1.807, 2.05) is 31.2 Å². The number of rotatable bonds is 6. The minimum atomic E-state index is -1.03. The largest absolute Gasteiger partial charge is 0.480 e. The molecule has 1 aromatic carbocycles. The number of hydrogen-bond donors (Lipinski definition) is 2. The molecule has 0 saturated heterocycles. The molecule has 2 N–H and O–H groups in total. The first-order valence-corrected chi connectivity index (χ1v) is 5.19. The Morgan fingerprint density at radius 3 is 2.24 bits per heavy atom. The Kier molecular flexibility index (Phi) is 4.66. The molecule has 0 aromatic heterocycles. The Balaban J connectivity index is 2.71. The van der Waals surface area contributed by atoms with E-state index in [0.29, 0.717) is 6.54 Å².